The highest BCUT2D eigenvalue weighted by molar-refractivity contribution is 7.99. The predicted octanol–water partition coefficient (Wildman–Crippen LogP) is 0.442. The fourth-order valence-electron chi connectivity index (χ4n) is 2.74. The maximum Gasteiger partial charge on any atom is 0.351 e. The molecular weight excluding hydrogens is 398 g/mol. The smallest absolute Gasteiger partial charge is 0.351 e. The molecule has 10 heteroatoms. The lowest BCUT2D eigenvalue weighted by atomic mass is 10.2. The number of hydrogen-bond acceptors (Lipinski definition) is 8. The summed E-state index contributed by atoms with van der Waals surface area (Å²) < 4.78 is 6.73. The lowest BCUT2D eigenvalue weighted by Gasteiger charge is -2.15. The molecule has 0 spiro atoms. The second kappa shape index (κ2) is 11.2. The maximum absolute atomic E-state index is 12.1. The molecule has 1 aliphatic rings. The second-order valence-electron chi connectivity index (χ2n) is 6.92. The Hall–Kier alpha value is -2.06. The molecular formula is C19H27N3O6S. The van der Waals surface area contributed by atoms with E-state index in [-0.39, 0.29) is 24.8 Å². The van der Waals surface area contributed by atoms with Gasteiger partial charge in [-0.3, -0.25) is 9.36 Å². The molecule has 1 aromatic rings. The van der Waals surface area contributed by atoms with Gasteiger partial charge in [0.2, 0.25) is 0 Å². The predicted molar refractivity (Wildman–Crippen MR) is 109 cm³/mol. The largest absolute Gasteiger partial charge is 0.481 e. The van der Waals surface area contributed by atoms with E-state index in [9.17, 15) is 19.8 Å². The molecule has 0 saturated carbocycles. The van der Waals surface area contributed by atoms with Crippen molar-refractivity contribution in [3.63, 3.8) is 0 Å². The van der Waals surface area contributed by atoms with Gasteiger partial charge in [0, 0.05) is 24.8 Å². The molecule has 1 fully saturated rings. The first-order valence-electron chi connectivity index (χ1n) is 9.46. The Balaban J connectivity index is 1.87. The van der Waals surface area contributed by atoms with Crippen molar-refractivity contribution >= 4 is 23.5 Å². The van der Waals surface area contributed by atoms with Crippen molar-refractivity contribution in [2.45, 2.75) is 51.0 Å². The topological polar surface area (TPSA) is 148 Å². The number of carboxylic acids is 1. The summed E-state index contributed by atoms with van der Waals surface area (Å²) >= 11 is 1.62. The summed E-state index contributed by atoms with van der Waals surface area (Å²) in [6.45, 7) is 1.36. The van der Waals surface area contributed by atoms with Crippen LogP contribution in [0, 0.1) is 17.8 Å². The minimum Gasteiger partial charge on any atom is -0.481 e. The number of ether oxygens (including phenoxy) is 1. The van der Waals surface area contributed by atoms with Crippen molar-refractivity contribution in [1.82, 2.24) is 9.55 Å². The molecule has 0 aromatic carbocycles. The molecule has 2 unspecified atom stereocenters. The number of nitrogen functional groups attached to an aromatic ring is 1. The van der Waals surface area contributed by atoms with E-state index in [1.165, 1.54) is 10.8 Å². The Morgan fingerprint density at radius 3 is 2.93 bits per heavy atom. The number of anilines is 1. The van der Waals surface area contributed by atoms with Crippen molar-refractivity contribution < 1.29 is 24.9 Å². The summed E-state index contributed by atoms with van der Waals surface area (Å²) in [6, 6.07) is 0. The van der Waals surface area contributed by atoms with Gasteiger partial charge in [0.15, 0.2) is 0 Å². The van der Waals surface area contributed by atoms with Crippen LogP contribution < -0.4 is 11.4 Å². The zero-order chi connectivity index (χ0) is 21.4. The highest BCUT2D eigenvalue weighted by Gasteiger charge is 2.35. The standard InChI is InChI=1S/C19H27N3O6S/c1-12(18(25)26)11-29-7-5-3-2-4-6-13-9-22(19(27)21-17(13)20)16-8-14(24)15(10-23)28-16/h9,12,14-16,23-24H,2-3,5,7-8,10-11H2,1H3,(H,25,26)(H2,20,21,27)/t12?,14?,15-,16-/m1/s1. The Labute approximate surface area is 173 Å². The van der Waals surface area contributed by atoms with Gasteiger partial charge in [0.05, 0.1) is 24.2 Å². The SMILES string of the molecule is CC(CSCCCCC#Cc1cn([C@H]2CC(O)[C@@H](CO)O2)c(=O)nc1N)C(=O)O. The number of thioether (sulfide) groups is 1. The first-order chi connectivity index (χ1) is 13.8. The average molecular weight is 426 g/mol. The van der Waals surface area contributed by atoms with Crippen molar-refractivity contribution in [2.24, 2.45) is 5.92 Å². The monoisotopic (exact) mass is 425 g/mol. The van der Waals surface area contributed by atoms with E-state index >= 15 is 0 Å². The van der Waals surface area contributed by atoms with Gasteiger partial charge in [-0.25, -0.2) is 4.79 Å². The third-order valence-electron chi connectivity index (χ3n) is 4.53. The molecule has 0 bridgehead atoms. The Morgan fingerprint density at radius 1 is 1.52 bits per heavy atom. The van der Waals surface area contributed by atoms with Crippen LogP contribution in [-0.4, -0.2) is 61.2 Å². The van der Waals surface area contributed by atoms with Gasteiger partial charge >= 0.3 is 11.7 Å². The molecule has 5 N–H and O–H groups in total. The average Bonchev–Trinajstić information content (AvgIpc) is 3.05. The first kappa shape index (κ1) is 23.2. The molecule has 29 heavy (non-hydrogen) atoms. The summed E-state index contributed by atoms with van der Waals surface area (Å²) in [6.07, 6.45) is 1.74. The van der Waals surface area contributed by atoms with Crippen LogP contribution in [0.4, 0.5) is 5.82 Å². The van der Waals surface area contributed by atoms with Crippen LogP contribution >= 0.6 is 11.8 Å². The van der Waals surface area contributed by atoms with Crippen molar-refractivity contribution in [2.75, 3.05) is 23.8 Å². The molecule has 1 saturated heterocycles. The maximum atomic E-state index is 12.1. The Kier molecular flexibility index (Phi) is 8.98. The van der Waals surface area contributed by atoms with Crippen LogP contribution in [0.2, 0.25) is 0 Å². The van der Waals surface area contributed by atoms with Crippen LogP contribution in [-0.2, 0) is 9.53 Å². The molecule has 0 aliphatic carbocycles. The van der Waals surface area contributed by atoms with E-state index in [0.717, 1.165) is 18.6 Å². The van der Waals surface area contributed by atoms with Crippen molar-refractivity contribution in [1.29, 1.82) is 0 Å². The lowest BCUT2D eigenvalue weighted by Crippen LogP contribution is -2.28. The van der Waals surface area contributed by atoms with Gasteiger partial charge in [-0.15, -0.1) is 0 Å². The van der Waals surface area contributed by atoms with Crippen LogP contribution in [0.3, 0.4) is 0 Å². The summed E-state index contributed by atoms with van der Waals surface area (Å²) in [5.41, 5.74) is 5.60. The fourth-order valence-corrected chi connectivity index (χ4v) is 3.81. The van der Waals surface area contributed by atoms with Gasteiger partial charge < -0.3 is 25.8 Å². The van der Waals surface area contributed by atoms with Crippen LogP contribution in [0.15, 0.2) is 11.0 Å². The number of nitrogens with two attached hydrogens (primary N) is 1. The zero-order valence-electron chi connectivity index (χ0n) is 16.3. The number of aromatic nitrogens is 2. The third-order valence-corrected chi connectivity index (χ3v) is 5.84. The molecule has 1 aliphatic heterocycles. The quantitative estimate of drug-likeness (QED) is 0.327. The molecule has 2 rings (SSSR count). The number of carboxylic acid groups (broad SMARTS) is 1. The first-order valence-corrected chi connectivity index (χ1v) is 10.6. The minimum atomic E-state index is -0.861. The van der Waals surface area contributed by atoms with Crippen LogP contribution in [0.5, 0.6) is 0 Å². The van der Waals surface area contributed by atoms with E-state index in [1.807, 2.05) is 0 Å². The van der Waals surface area contributed by atoms with Gasteiger partial charge in [0.1, 0.15) is 18.1 Å². The highest BCUT2D eigenvalue weighted by Crippen LogP contribution is 2.27. The number of carbonyl (C=O) groups is 1. The van der Waals surface area contributed by atoms with Crippen LogP contribution in [0.25, 0.3) is 0 Å². The molecule has 4 atom stereocenters. The van der Waals surface area contributed by atoms with Gasteiger partial charge in [-0.05, 0) is 18.6 Å². The van der Waals surface area contributed by atoms with E-state index in [4.69, 9.17) is 15.6 Å². The molecule has 160 valence electrons. The summed E-state index contributed by atoms with van der Waals surface area (Å²) in [4.78, 5) is 26.6. The highest BCUT2D eigenvalue weighted by atomic mass is 32.2. The number of aliphatic hydroxyl groups excluding tert-OH is 2. The number of aliphatic carboxylic acids is 1. The number of unbranched alkanes of at least 4 members (excludes halogenated alkanes) is 2. The molecule has 2 heterocycles. The summed E-state index contributed by atoms with van der Waals surface area (Å²) in [5, 5.41) is 27.9. The van der Waals surface area contributed by atoms with Gasteiger partial charge in [-0.2, -0.15) is 16.7 Å². The normalized spacial score (nSPS) is 22.1. The van der Waals surface area contributed by atoms with Gasteiger partial charge in [-0.1, -0.05) is 18.8 Å². The second-order valence-corrected chi connectivity index (χ2v) is 8.07. The molecule has 9 nitrogen and oxygen atoms in total. The Morgan fingerprint density at radius 2 is 2.28 bits per heavy atom. The van der Waals surface area contributed by atoms with Crippen LogP contribution in [0.1, 0.15) is 44.4 Å². The number of nitrogens with zero attached hydrogens (tertiary/aromatic N) is 2. The molecule has 0 radical (unpaired) electrons. The lowest BCUT2D eigenvalue weighted by molar-refractivity contribution is -0.140. The van der Waals surface area contributed by atoms with E-state index < -0.39 is 30.1 Å². The van der Waals surface area contributed by atoms with Crippen molar-refractivity contribution in [3.05, 3.63) is 22.2 Å². The van der Waals surface area contributed by atoms with E-state index in [2.05, 4.69) is 16.8 Å². The number of aliphatic hydroxyl groups is 2. The minimum absolute atomic E-state index is 0.0363. The van der Waals surface area contributed by atoms with Gasteiger partial charge in [0.25, 0.3) is 0 Å². The zero-order valence-corrected chi connectivity index (χ0v) is 17.1. The Bertz CT molecular complexity index is 818. The molecule has 0 amide bonds. The number of hydrogen-bond donors (Lipinski definition) is 4. The van der Waals surface area contributed by atoms with E-state index in [0.29, 0.717) is 17.7 Å². The summed E-state index contributed by atoms with van der Waals surface area (Å²) in [7, 11) is 0. The summed E-state index contributed by atoms with van der Waals surface area (Å²) in [5.74, 6) is 6.31. The number of rotatable bonds is 9. The fraction of sp³-hybridized carbons (Fsp3) is 0.632. The third kappa shape index (κ3) is 6.75. The van der Waals surface area contributed by atoms with E-state index in [1.54, 1.807) is 18.7 Å². The molecule has 1 aromatic heterocycles. The van der Waals surface area contributed by atoms with Crippen molar-refractivity contribution in [3.8, 4) is 11.8 Å².